The van der Waals surface area contributed by atoms with Crippen molar-refractivity contribution in [3.05, 3.63) is 58.9 Å². The van der Waals surface area contributed by atoms with Crippen LogP contribution in [0.4, 0.5) is 0 Å². The van der Waals surface area contributed by atoms with Gasteiger partial charge < -0.3 is 4.90 Å². The fourth-order valence-corrected chi connectivity index (χ4v) is 3.28. The van der Waals surface area contributed by atoms with Crippen LogP contribution in [0.1, 0.15) is 30.0 Å². The van der Waals surface area contributed by atoms with Gasteiger partial charge in [0.15, 0.2) is 0 Å². The van der Waals surface area contributed by atoms with Gasteiger partial charge in [0.25, 0.3) is 0 Å². The highest BCUT2D eigenvalue weighted by atomic mass is 15.2. The lowest BCUT2D eigenvalue weighted by Crippen LogP contribution is -2.35. The van der Waals surface area contributed by atoms with Crippen LogP contribution in [-0.4, -0.2) is 29.9 Å². The standard InChI is InChI=1S/C18H24N2/c1-3-15-7-6-8-16-13-20(12-10-18(15)16)14-17-9-4-5-11-19(17)2/h5-9,11H,3-4,10,12-14H2,1-2H3. The van der Waals surface area contributed by atoms with Crippen molar-refractivity contribution in [1.29, 1.82) is 0 Å². The second-order valence-corrected chi connectivity index (χ2v) is 5.80. The predicted octanol–water partition coefficient (Wildman–Crippen LogP) is 3.34. The number of allylic oxidation sites excluding steroid dienone is 2. The van der Waals surface area contributed by atoms with Crippen molar-refractivity contribution in [3.63, 3.8) is 0 Å². The monoisotopic (exact) mass is 268 g/mol. The molecule has 0 radical (unpaired) electrons. The van der Waals surface area contributed by atoms with E-state index >= 15 is 0 Å². The minimum absolute atomic E-state index is 1.07. The lowest BCUT2D eigenvalue weighted by atomic mass is 9.93. The van der Waals surface area contributed by atoms with E-state index in [2.05, 4.69) is 60.3 Å². The summed E-state index contributed by atoms with van der Waals surface area (Å²) < 4.78 is 0. The van der Waals surface area contributed by atoms with E-state index in [4.69, 9.17) is 0 Å². The molecule has 0 saturated carbocycles. The normalized spacial score (nSPS) is 18.9. The van der Waals surface area contributed by atoms with Gasteiger partial charge in [-0.1, -0.05) is 37.3 Å². The molecule has 2 nitrogen and oxygen atoms in total. The molecular formula is C18H24N2. The third-order valence-corrected chi connectivity index (χ3v) is 4.48. The summed E-state index contributed by atoms with van der Waals surface area (Å²) in [7, 11) is 2.15. The van der Waals surface area contributed by atoms with Crippen LogP contribution >= 0.6 is 0 Å². The van der Waals surface area contributed by atoms with Crippen LogP contribution < -0.4 is 0 Å². The van der Waals surface area contributed by atoms with Crippen LogP contribution in [0.25, 0.3) is 0 Å². The number of hydrogen-bond donors (Lipinski definition) is 0. The third-order valence-electron chi connectivity index (χ3n) is 4.48. The van der Waals surface area contributed by atoms with Gasteiger partial charge in [0.05, 0.1) is 0 Å². The smallest absolute Gasteiger partial charge is 0.0387 e. The van der Waals surface area contributed by atoms with E-state index in [-0.39, 0.29) is 0 Å². The Morgan fingerprint density at radius 2 is 2.15 bits per heavy atom. The molecule has 3 rings (SSSR count). The molecule has 0 fully saturated rings. The fraction of sp³-hybridized carbons (Fsp3) is 0.444. The summed E-state index contributed by atoms with van der Waals surface area (Å²) in [5, 5.41) is 0. The van der Waals surface area contributed by atoms with E-state index < -0.39 is 0 Å². The van der Waals surface area contributed by atoms with Crippen LogP contribution in [0.2, 0.25) is 0 Å². The number of fused-ring (bicyclic) bond motifs is 1. The Labute approximate surface area is 122 Å². The van der Waals surface area contributed by atoms with Crippen molar-refractivity contribution in [2.45, 2.75) is 32.7 Å². The van der Waals surface area contributed by atoms with Crippen molar-refractivity contribution in [1.82, 2.24) is 9.80 Å². The highest BCUT2D eigenvalue weighted by Gasteiger charge is 2.19. The van der Waals surface area contributed by atoms with Crippen LogP contribution in [-0.2, 0) is 19.4 Å². The van der Waals surface area contributed by atoms with E-state index in [1.165, 1.54) is 24.2 Å². The lowest BCUT2D eigenvalue weighted by Gasteiger charge is -2.33. The maximum atomic E-state index is 2.57. The molecule has 0 aromatic heterocycles. The van der Waals surface area contributed by atoms with Crippen LogP contribution in [0.3, 0.4) is 0 Å². The minimum Gasteiger partial charge on any atom is -0.354 e. The molecule has 0 aliphatic carbocycles. The number of aryl methyl sites for hydroxylation is 1. The molecule has 1 aromatic carbocycles. The summed E-state index contributed by atoms with van der Waals surface area (Å²) in [6.45, 7) is 5.60. The first-order chi connectivity index (χ1) is 9.78. The molecule has 0 spiro atoms. The van der Waals surface area contributed by atoms with Crippen LogP contribution in [0, 0.1) is 0 Å². The molecule has 2 aliphatic heterocycles. The molecule has 106 valence electrons. The zero-order chi connectivity index (χ0) is 13.9. The molecule has 0 unspecified atom stereocenters. The zero-order valence-electron chi connectivity index (χ0n) is 12.6. The fourth-order valence-electron chi connectivity index (χ4n) is 3.28. The number of rotatable bonds is 3. The van der Waals surface area contributed by atoms with Gasteiger partial charge in [0.1, 0.15) is 0 Å². The van der Waals surface area contributed by atoms with Gasteiger partial charge in [-0.05, 0) is 42.2 Å². The minimum atomic E-state index is 1.07. The first-order valence-corrected chi connectivity index (χ1v) is 7.68. The SMILES string of the molecule is CCc1cccc2c1CCN(CC1=CCC=CN1C)C2. The van der Waals surface area contributed by atoms with E-state index in [1.54, 1.807) is 11.1 Å². The second kappa shape index (κ2) is 5.84. The van der Waals surface area contributed by atoms with Gasteiger partial charge in [0.2, 0.25) is 0 Å². The number of nitrogens with zero attached hydrogens (tertiary/aromatic N) is 2. The average molecular weight is 268 g/mol. The Morgan fingerprint density at radius 1 is 1.25 bits per heavy atom. The first kappa shape index (κ1) is 13.4. The number of likely N-dealkylation sites (N-methyl/N-ethyl adjacent to an activating group) is 1. The Bertz CT molecular complexity index is 542. The molecule has 1 aromatic rings. The van der Waals surface area contributed by atoms with Crippen molar-refractivity contribution < 1.29 is 0 Å². The molecule has 0 amide bonds. The van der Waals surface area contributed by atoms with Gasteiger partial charge in [-0.3, -0.25) is 4.90 Å². The van der Waals surface area contributed by atoms with Crippen LogP contribution in [0.15, 0.2) is 42.2 Å². The Kier molecular flexibility index (Phi) is 3.93. The number of benzene rings is 1. The van der Waals surface area contributed by atoms with Gasteiger partial charge in [0, 0.05) is 32.4 Å². The van der Waals surface area contributed by atoms with E-state index in [1.807, 2.05) is 0 Å². The summed E-state index contributed by atoms with van der Waals surface area (Å²) >= 11 is 0. The van der Waals surface area contributed by atoms with Gasteiger partial charge >= 0.3 is 0 Å². The first-order valence-electron chi connectivity index (χ1n) is 7.68. The Morgan fingerprint density at radius 3 is 2.95 bits per heavy atom. The maximum absolute atomic E-state index is 2.57. The van der Waals surface area contributed by atoms with Crippen molar-refractivity contribution in [3.8, 4) is 0 Å². The Balaban J connectivity index is 1.71. The third kappa shape index (κ3) is 2.66. The summed E-state index contributed by atoms with van der Waals surface area (Å²) in [4.78, 5) is 4.82. The highest BCUT2D eigenvalue weighted by Crippen LogP contribution is 2.24. The van der Waals surface area contributed by atoms with Crippen molar-refractivity contribution >= 4 is 0 Å². The molecular weight excluding hydrogens is 244 g/mol. The Hall–Kier alpha value is -1.54. The van der Waals surface area contributed by atoms with E-state index in [0.717, 1.165) is 25.9 Å². The highest BCUT2D eigenvalue weighted by molar-refractivity contribution is 5.37. The molecule has 0 saturated heterocycles. The molecule has 0 atom stereocenters. The van der Waals surface area contributed by atoms with E-state index in [9.17, 15) is 0 Å². The zero-order valence-corrected chi connectivity index (χ0v) is 12.6. The molecule has 20 heavy (non-hydrogen) atoms. The summed E-state index contributed by atoms with van der Waals surface area (Å²) in [5.41, 5.74) is 6.11. The lowest BCUT2D eigenvalue weighted by molar-refractivity contribution is 0.257. The summed E-state index contributed by atoms with van der Waals surface area (Å²) in [6, 6.07) is 6.81. The molecule has 2 heteroatoms. The predicted molar refractivity (Wildman–Crippen MR) is 84.4 cm³/mol. The van der Waals surface area contributed by atoms with Crippen LogP contribution in [0.5, 0.6) is 0 Å². The summed E-state index contributed by atoms with van der Waals surface area (Å²) in [6.07, 6.45) is 10.2. The topological polar surface area (TPSA) is 6.48 Å². The molecule has 0 N–H and O–H groups in total. The van der Waals surface area contributed by atoms with Gasteiger partial charge in [-0.15, -0.1) is 0 Å². The largest absolute Gasteiger partial charge is 0.354 e. The van der Waals surface area contributed by atoms with Gasteiger partial charge in [-0.2, -0.15) is 0 Å². The van der Waals surface area contributed by atoms with E-state index in [0.29, 0.717) is 0 Å². The van der Waals surface area contributed by atoms with Crippen molar-refractivity contribution in [2.75, 3.05) is 20.1 Å². The van der Waals surface area contributed by atoms with Gasteiger partial charge in [-0.25, -0.2) is 0 Å². The average Bonchev–Trinajstić information content (AvgIpc) is 2.49. The summed E-state index contributed by atoms with van der Waals surface area (Å²) in [5.74, 6) is 0. The quantitative estimate of drug-likeness (QED) is 0.829. The number of hydrogen-bond acceptors (Lipinski definition) is 2. The molecule has 2 heterocycles. The van der Waals surface area contributed by atoms with Crippen molar-refractivity contribution in [2.24, 2.45) is 0 Å². The molecule has 0 bridgehead atoms. The second-order valence-electron chi connectivity index (χ2n) is 5.80. The molecule has 2 aliphatic rings. The maximum Gasteiger partial charge on any atom is 0.0387 e.